The third kappa shape index (κ3) is 3.41. The van der Waals surface area contributed by atoms with Crippen LogP contribution in [0.2, 0.25) is 0 Å². The fourth-order valence-corrected chi connectivity index (χ4v) is 3.45. The molecule has 2 unspecified atom stereocenters. The van der Waals surface area contributed by atoms with Crippen molar-refractivity contribution >= 4 is 15.9 Å². The molecule has 2 heterocycles. The first-order chi connectivity index (χ1) is 10.8. The molecule has 0 spiro atoms. The van der Waals surface area contributed by atoms with E-state index in [0.29, 0.717) is 4.73 Å². The molecule has 5 heteroatoms. The Labute approximate surface area is 140 Å². The summed E-state index contributed by atoms with van der Waals surface area (Å²) < 4.78 is 8.57. The maximum absolute atomic E-state index is 5.92. The predicted molar refractivity (Wildman–Crippen MR) is 89.8 cm³/mol. The first-order valence-electron chi connectivity index (χ1n) is 8.08. The highest BCUT2D eigenvalue weighted by atomic mass is 79.9. The smallest absolute Gasteiger partial charge is 0.217 e. The van der Waals surface area contributed by atoms with E-state index in [4.69, 9.17) is 4.74 Å². The molecule has 0 saturated carbocycles. The second-order valence-electron chi connectivity index (χ2n) is 5.76. The molecule has 118 valence electrons. The maximum Gasteiger partial charge on any atom is 0.217 e. The largest absolute Gasteiger partial charge is 0.356 e. The maximum atomic E-state index is 5.92. The summed E-state index contributed by atoms with van der Waals surface area (Å²) in [6.07, 6.45) is 5.52. The highest BCUT2D eigenvalue weighted by molar-refractivity contribution is 9.10. The van der Waals surface area contributed by atoms with Gasteiger partial charge in [0.15, 0.2) is 6.23 Å². The topological polar surface area (TPSA) is 39.9 Å². The van der Waals surface area contributed by atoms with Crippen LogP contribution in [-0.4, -0.2) is 21.4 Å². The van der Waals surface area contributed by atoms with Crippen LogP contribution in [-0.2, 0) is 4.74 Å². The Morgan fingerprint density at radius 1 is 1.32 bits per heavy atom. The number of nitrogens with zero attached hydrogens (tertiary/aromatic N) is 3. The Morgan fingerprint density at radius 3 is 2.82 bits per heavy atom. The lowest BCUT2D eigenvalue weighted by molar-refractivity contribution is -0.0419. The van der Waals surface area contributed by atoms with Crippen molar-refractivity contribution < 1.29 is 4.74 Å². The van der Waals surface area contributed by atoms with Crippen molar-refractivity contribution in [1.82, 2.24) is 14.8 Å². The number of aromatic nitrogens is 3. The lowest BCUT2D eigenvalue weighted by Crippen LogP contribution is -2.23. The molecule has 0 aliphatic carbocycles. The molecule has 0 radical (unpaired) electrons. The van der Waals surface area contributed by atoms with Gasteiger partial charge in [-0.3, -0.25) is 0 Å². The Bertz CT molecular complexity index is 593. The zero-order valence-electron chi connectivity index (χ0n) is 12.9. The minimum Gasteiger partial charge on any atom is -0.356 e. The molecule has 1 saturated heterocycles. The molecular formula is C17H22BrN3O. The molecule has 0 amide bonds. The summed E-state index contributed by atoms with van der Waals surface area (Å²) in [5, 5.41) is 4.56. The summed E-state index contributed by atoms with van der Waals surface area (Å²) >= 11 is 3.44. The molecule has 4 nitrogen and oxygen atoms in total. The van der Waals surface area contributed by atoms with Crippen molar-refractivity contribution in [2.45, 2.75) is 51.2 Å². The standard InChI is InChI=1S/C17H22BrN3O/c1-2-8-14(13-9-4-3-5-10-13)16-19-17(18)20-21(16)15-11-6-7-12-22-15/h3-5,9-10,14-15H,2,6-8,11-12H2,1H3. The van der Waals surface area contributed by atoms with Gasteiger partial charge in [-0.15, -0.1) is 5.10 Å². The lowest BCUT2D eigenvalue weighted by atomic mass is 9.93. The van der Waals surface area contributed by atoms with Crippen LogP contribution in [0.25, 0.3) is 0 Å². The van der Waals surface area contributed by atoms with E-state index in [1.165, 1.54) is 12.0 Å². The van der Waals surface area contributed by atoms with Crippen LogP contribution in [0.4, 0.5) is 0 Å². The molecule has 3 rings (SSSR count). The number of ether oxygens (including phenoxy) is 1. The van der Waals surface area contributed by atoms with Gasteiger partial charge in [0.1, 0.15) is 5.82 Å². The van der Waals surface area contributed by atoms with Crippen molar-refractivity contribution in [3.63, 3.8) is 0 Å². The van der Waals surface area contributed by atoms with E-state index in [2.05, 4.69) is 63.3 Å². The first kappa shape index (κ1) is 15.7. The fourth-order valence-electron chi connectivity index (χ4n) is 3.09. The van der Waals surface area contributed by atoms with Gasteiger partial charge in [0, 0.05) is 12.5 Å². The summed E-state index contributed by atoms with van der Waals surface area (Å²) in [6.45, 7) is 3.02. The Hall–Kier alpha value is -1.20. The number of benzene rings is 1. The fraction of sp³-hybridized carbons (Fsp3) is 0.529. The van der Waals surface area contributed by atoms with E-state index < -0.39 is 0 Å². The summed E-state index contributed by atoms with van der Waals surface area (Å²) in [6, 6.07) is 10.6. The molecule has 2 atom stereocenters. The monoisotopic (exact) mass is 363 g/mol. The van der Waals surface area contributed by atoms with Gasteiger partial charge < -0.3 is 4.74 Å². The number of halogens is 1. The van der Waals surface area contributed by atoms with Gasteiger partial charge in [-0.05, 0) is 47.2 Å². The second kappa shape index (κ2) is 7.38. The van der Waals surface area contributed by atoms with Crippen LogP contribution >= 0.6 is 15.9 Å². The van der Waals surface area contributed by atoms with Gasteiger partial charge in [-0.1, -0.05) is 43.7 Å². The van der Waals surface area contributed by atoms with Crippen molar-refractivity contribution in [3.05, 3.63) is 46.5 Å². The van der Waals surface area contributed by atoms with Gasteiger partial charge >= 0.3 is 0 Å². The van der Waals surface area contributed by atoms with Crippen molar-refractivity contribution in [3.8, 4) is 0 Å². The minimum absolute atomic E-state index is 0.0191. The summed E-state index contributed by atoms with van der Waals surface area (Å²) in [7, 11) is 0. The Kier molecular flexibility index (Phi) is 5.26. The van der Waals surface area contributed by atoms with Crippen molar-refractivity contribution in [1.29, 1.82) is 0 Å². The quantitative estimate of drug-likeness (QED) is 0.774. The third-order valence-electron chi connectivity index (χ3n) is 4.15. The third-order valence-corrected chi connectivity index (χ3v) is 4.49. The second-order valence-corrected chi connectivity index (χ2v) is 6.47. The van der Waals surface area contributed by atoms with E-state index in [0.717, 1.165) is 38.1 Å². The molecule has 1 aromatic carbocycles. The molecule has 1 fully saturated rings. The average Bonchev–Trinajstić information content (AvgIpc) is 2.96. The minimum atomic E-state index is 0.0191. The molecular weight excluding hydrogens is 342 g/mol. The SMILES string of the molecule is CCCC(c1ccccc1)c1nc(Br)nn1C1CCCCO1. The van der Waals surface area contributed by atoms with Crippen molar-refractivity contribution in [2.75, 3.05) is 6.61 Å². The van der Waals surface area contributed by atoms with Crippen LogP contribution in [0.3, 0.4) is 0 Å². The van der Waals surface area contributed by atoms with Gasteiger partial charge in [0.25, 0.3) is 0 Å². The van der Waals surface area contributed by atoms with Crippen LogP contribution in [0, 0.1) is 0 Å². The molecule has 22 heavy (non-hydrogen) atoms. The average molecular weight is 364 g/mol. The highest BCUT2D eigenvalue weighted by Gasteiger charge is 2.26. The van der Waals surface area contributed by atoms with E-state index >= 15 is 0 Å². The predicted octanol–water partition coefficient (Wildman–Crippen LogP) is 4.67. The van der Waals surface area contributed by atoms with Gasteiger partial charge in [-0.25, -0.2) is 9.67 Å². The molecule has 0 N–H and O–H groups in total. The summed E-state index contributed by atoms with van der Waals surface area (Å²) in [5.74, 6) is 1.27. The molecule has 1 aliphatic heterocycles. The lowest BCUT2D eigenvalue weighted by Gasteiger charge is -2.26. The Morgan fingerprint density at radius 2 is 2.14 bits per heavy atom. The van der Waals surface area contributed by atoms with Gasteiger partial charge in [-0.2, -0.15) is 0 Å². The van der Waals surface area contributed by atoms with Crippen LogP contribution in [0.5, 0.6) is 0 Å². The highest BCUT2D eigenvalue weighted by Crippen LogP contribution is 2.32. The molecule has 1 aromatic heterocycles. The number of hydrogen-bond acceptors (Lipinski definition) is 3. The van der Waals surface area contributed by atoms with E-state index in [1.54, 1.807) is 0 Å². The first-order valence-corrected chi connectivity index (χ1v) is 8.87. The van der Waals surface area contributed by atoms with E-state index in [9.17, 15) is 0 Å². The van der Waals surface area contributed by atoms with Crippen LogP contribution in [0.1, 0.15) is 62.6 Å². The summed E-state index contributed by atoms with van der Waals surface area (Å²) in [5.41, 5.74) is 1.29. The number of hydrogen-bond donors (Lipinski definition) is 0. The molecule has 2 aromatic rings. The zero-order valence-corrected chi connectivity index (χ0v) is 14.5. The van der Waals surface area contributed by atoms with Crippen LogP contribution in [0.15, 0.2) is 35.1 Å². The normalized spacial score (nSPS) is 20.0. The van der Waals surface area contributed by atoms with Gasteiger partial charge in [0.05, 0.1) is 0 Å². The van der Waals surface area contributed by atoms with E-state index in [1.807, 2.05) is 4.68 Å². The van der Waals surface area contributed by atoms with E-state index in [-0.39, 0.29) is 12.1 Å². The van der Waals surface area contributed by atoms with Crippen molar-refractivity contribution in [2.24, 2.45) is 0 Å². The number of rotatable bonds is 5. The molecule has 0 bridgehead atoms. The molecule has 1 aliphatic rings. The Balaban J connectivity index is 1.97. The summed E-state index contributed by atoms with van der Waals surface area (Å²) in [4.78, 5) is 4.67. The zero-order chi connectivity index (χ0) is 15.4. The van der Waals surface area contributed by atoms with Gasteiger partial charge in [0.2, 0.25) is 4.73 Å². The van der Waals surface area contributed by atoms with Crippen LogP contribution < -0.4 is 0 Å².